The highest BCUT2D eigenvalue weighted by atomic mass is 16.7. The van der Waals surface area contributed by atoms with Crippen molar-refractivity contribution in [2.45, 2.75) is 186 Å². The van der Waals surface area contributed by atoms with Gasteiger partial charge in [0.15, 0.2) is 30.5 Å². The number of rotatable bonds is 29. The number of ether oxygens (including phenoxy) is 6. The van der Waals surface area contributed by atoms with Gasteiger partial charge in [-0.05, 0) is 29.7 Å². The Kier molecular flexibility index (Phi) is 25.8. The number of hydrogen-bond acceptors (Lipinski definition) is 32. The second-order valence-corrected chi connectivity index (χ2v) is 22.7. The predicted octanol–water partition coefficient (Wildman–Crippen LogP) is -11.3. The van der Waals surface area contributed by atoms with E-state index in [2.05, 4.69) is 36.6 Å². The number of nitrogens with one attached hydrogen (secondary N) is 5. The number of aliphatic hydroxyl groups excluding tert-OH is 13. The molecule has 5 aliphatic heterocycles. The smallest absolute Gasteiger partial charge is 0.306 e. The lowest BCUT2D eigenvalue weighted by Crippen LogP contribution is -2.70. The molecule has 25 atom stereocenters. The van der Waals surface area contributed by atoms with E-state index >= 15 is 0 Å². The fourth-order valence-electron chi connectivity index (χ4n) is 11.0. The van der Waals surface area contributed by atoms with Crippen LogP contribution in [0.5, 0.6) is 5.75 Å². The third-order valence-corrected chi connectivity index (χ3v) is 16.4. The highest BCUT2D eigenvalue weighted by Crippen LogP contribution is 2.33. The molecule has 36 nitrogen and oxygen atoms in total. The topological polar surface area (TPSA) is 587 Å². The van der Waals surface area contributed by atoms with Crippen LogP contribution in [0.4, 0.5) is 0 Å². The van der Waals surface area contributed by atoms with Crippen LogP contribution < -0.4 is 48.5 Å². The number of aliphatic imine (C=N–C) groups is 2. The lowest BCUT2D eigenvalue weighted by Gasteiger charge is -2.46. The molecule has 0 aromatic heterocycles. The maximum Gasteiger partial charge on any atom is 0.306 e. The number of hydrogen-bond donors (Lipinski definition) is 21. The zero-order chi connectivity index (χ0) is 67.4. The Morgan fingerprint density at radius 2 is 1.32 bits per heavy atom. The number of carbonyl (C=O) groups excluding carboxylic acids is 6. The van der Waals surface area contributed by atoms with Crippen LogP contribution in [-0.2, 0) is 58.9 Å². The van der Waals surface area contributed by atoms with Crippen LogP contribution >= 0.6 is 0 Å². The van der Waals surface area contributed by atoms with Gasteiger partial charge in [-0.15, -0.1) is 0 Å². The van der Waals surface area contributed by atoms with Crippen LogP contribution in [0.3, 0.4) is 0 Å². The lowest BCUT2D eigenvalue weighted by atomic mass is 9.93. The second-order valence-electron chi connectivity index (χ2n) is 22.7. The van der Waals surface area contributed by atoms with Crippen LogP contribution in [0.2, 0.25) is 0 Å². The molecule has 2 aromatic carbocycles. The standard InChI is InChI=1S/C56H83N11O25/c1-3-7-33(73)91-47-40(77)31(20-71)89-54(45(47)82)92-46-32(21-72)90-53(44(81)42(46)79)87-26-12-10-23(11-13-26)14-27(63-49(84)34(57)22(2)24-8-5-4-6-9-24)48(83)65-35(37(74)28-15-60-55(58)64-28)51(86)66-36(50(85)62-25(17-68)18-69)38(75)29-16-61-56(59)67(29)52-43(80)41(78)39(76)30(19-70)88-52/h4-6,8-13,17,22,25,27-32,34-47,52-54,69-72,74-82H,3,7,14-16,18-21,57H2,1-2H3,(H2,59,61)(H,62,85)(H,63,84)(H,65,83)(H,66,86)(H3,58,60,64)/t22?,25-,27+,28?,29?,30?,31?,32?,34+,35+,36+,37?,38?,39?,40?,41?,42?,43?,44?,45?,46?,47?,52?,53?,54?/m1/s1. The Hall–Kier alpha value is -6.92. The monoisotopic (exact) mass is 1310 g/mol. The SMILES string of the molecule is CCCC(=O)OC1C(O)C(CO)OC(OC2C(CO)OC(Oc3ccc(C[C@H](NC(=O)[C@@H](N)C(C)c4ccccc4)C(=O)N[C@H](C(=O)N[C@H](C(=O)N[C@H](C=O)CO)C(O)C4CN=C(N)N4C4OC(CO)C(O)C(O)C4O)C(O)C4CN=C(N)N4)cc3)C(O)C2O)C1O. The molecule has 24 N–H and O–H groups in total. The Bertz CT molecular complexity index is 2850. The summed E-state index contributed by atoms with van der Waals surface area (Å²) in [6.07, 6.45) is -30.8. The van der Waals surface area contributed by atoms with Crippen LogP contribution in [0.15, 0.2) is 64.6 Å². The van der Waals surface area contributed by atoms with Crippen molar-refractivity contribution in [3.63, 3.8) is 0 Å². The van der Waals surface area contributed by atoms with Gasteiger partial charge in [-0.25, -0.2) is 0 Å². The van der Waals surface area contributed by atoms with Crippen molar-refractivity contribution in [1.82, 2.24) is 31.5 Å². The van der Waals surface area contributed by atoms with E-state index in [1.165, 1.54) is 24.3 Å². The summed E-state index contributed by atoms with van der Waals surface area (Å²) in [7, 11) is 0. The molecular formula is C56H83N11O25. The molecule has 7 rings (SSSR count). The maximum atomic E-state index is 14.9. The minimum absolute atomic E-state index is 0.0554. The zero-order valence-corrected chi connectivity index (χ0v) is 49.9. The van der Waals surface area contributed by atoms with Crippen LogP contribution in [0.25, 0.3) is 0 Å². The molecule has 92 heavy (non-hydrogen) atoms. The minimum Gasteiger partial charge on any atom is -0.462 e. The molecule has 5 heterocycles. The number of nitrogens with two attached hydrogens (primary N) is 3. The normalized spacial score (nSPS) is 32.3. The molecule has 5 aliphatic rings. The van der Waals surface area contributed by atoms with Crippen molar-refractivity contribution in [2.24, 2.45) is 27.2 Å². The summed E-state index contributed by atoms with van der Waals surface area (Å²) in [5, 5.41) is 153. The van der Waals surface area contributed by atoms with E-state index in [0.717, 1.165) is 4.90 Å². The van der Waals surface area contributed by atoms with Crippen molar-refractivity contribution in [1.29, 1.82) is 0 Å². The summed E-state index contributed by atoms with van der Waals surface area (Å²) in [4.78, 5) is 91.4. The molecule has 20 unspecified atom stereocenters. The van der Waals surface area contributed by atoms with E-state index in [4.69, 9.17) is 45.6 Å². The average Bonchev–Trinajstić information content (AvgIpc) is 1.41. The van der Waals surface area contributed by atoms with Crippen LogP contribution in [0, 0.1) is 0 Å². The number of aldehydes is 1. The van der Waals surface area contributed by atoms with Crippen molar-refractivity contribution >= 4 is 47.8 Å². The maximum absolute atomic E-state index is 14.9. The molecule has 3 saturated heterocycles. The number of aliphatic hydroxyl groups is 13. The Morgan fingerprint density at radius 1 is 0.696 bits per heavy atom. The number of guanidine groups is 2. The van der Waals surface area contributed by atoms with Gasteiger partial charge in [0, 0.05) is 18.8 Å². The third-order valence-electron chi connectivity index (χ3n) is 16.4. The van der Waals surface area contributed by atoms with Gasteiger partial charge in [0.05, 0.1) is 57.6 Å². The predicted molar refractivity (Wildman–Crippen MR) is 311 cm³/mol. The summed E-state index contributed by atoms with van der Waals surface area (Å²) >= 11 is 0. The molecular weight excluding hydrogens is 1230 g/mol. The van der Waals surface area contributed by atoms with Gasteiger partial charge in [0.2, 0.25) is 29.9 Å². The number of benzene rings is 2. The first-order valence-electron chi connectivity index (χ1n) is 29.6. The van der Waals surface area contributed by atoms with Gasteiger partial charge >= 0.3 is 5.97 Å². The summed E-state index contributed by atoms with van der Waals surface area (Å²) in [6.45, 7) is -1.05. The summed E-state index contributed by atoms with van der Waals surface area (Å²) in [5.74, 6) is -7.01. The molecule has 0 radical (unpaired) electrons. The summed E-state index contributed by atoms with van der Waals surface area (Å²) < 4.78 is 33.9. The summed E-state index contributed by atoms with van der Waals surface area (Å²) in [5.41, 5.74) is 19.5. The van der Waals surface area contributed by atoms with Gasteiger partial charge in [-0.1, -0.05) is 56.3 Å². The molecule has 0 bridgehead atoms. The molecule has 36 heteroatoms. The fraction of sp³-hybridized carbons (Fsp3) is 0.643. The fourth-order valence-corrected chi connectivity index (χ4v) is 11.0. The van der Waals surface area contributed by atoms with E-state index in [1.54, 1.807) is 44.2 Å². The van der Waals surface area contributed by atoms with Crippen molar-refractivity contribution in [2.75, 3.05) is 39.5 Å². The summed E-state index contributed by atoms with van der Waals surface area (Å²) in [6, 6.07) is 2.07. The highest BCUT2D eigenvalue weighted by molar-refractivity contribution is 5.96. The molecule has 512 valence electrons. The van der Waals surface area contributed by atoms with Crippen molar-refractivity contribution < 1.29 is 124 Å². The highest BCUT2D eigenvalue weighted by Gasteiger charge is 2.54. The third kappa shape index (κ3) is 16.9. The van der Waals surface area contributed by atoms with E-state index < -0.39 is 227 Å². The number of esters is 1. The van der Waals surface area contributed by atoms with Crippen LogP contribution in [0.1, 0.15) is 43.7 Å². The first-order valence-corrected chi connectivity index (χ1v) is 29.6. The Balaban J connectivity index is 1.14. The first-order chi connectivity index (χ1) is 43.8. The van der Waals surface area contributed by atoms with E-state index in [1.807, 2.05) is 0 Å². The van der Waals surface area contributed by atoms with Crippen LogP contribution in [-0.4, -0.2) is 305 Å². The van der Waals surface area contributed by atoms with E-state index in [-0.39, 0.29) is 36.5 Å². The molecule has 2 aromatic rings. The van der Waals surface area contributed by atoms with Crippen molar-refractivity contribution in [3.05, 3.63) is 65.7 Å². The molecule has 4 amide bonds. The van der Waals surface area contributed by atoms with E-state index in [0.29, 0.717) is 12.0 Å². The van der Waals surface area contributed by atoms with Crippen molar-refractivity contribution in [3.8, 4) is 5.75 Å². The number of carbonyl (C=O) groups is 6. The van der Waals surface area contributed by atoms with Gasteiger partial charge in [-0.2, -0.15) is 0 Å². The lowest BCUT2D eigenvalue weighted by molar-refractivity contribution is -0.353. The molecule has 3 fully saturated rings. The second kappa shape index (κ2) is 32.8. The largest absolute Gasteiger partial charge is 0.462 e. The Morgan fingerprint density at radius 3 is 1.92 bits per heavy atom. The molecule has 0 saturated carbocycles. The number of nitrogens with zero attached hydrogens (tertiary/aromatic N) is 3. The van der Waals surface area contributed by atoms with E-state index in [9.17, 15) is 95.2 Å². The molecule has 0 spiro atoms. The zero-order valence-electron chi connectivity index (χ0n) is 49.9. The Labute approximate surface area is 525 Å². The first kappa shape index (κ1) is 72.5. The van der Waals surface area contributed by atoms with Gasteiger partial charge in [-0.3, -0.25) is 34.0 Å². The quantitative estimate of drug-likeness (QED) is 0.0266. The minimum atomic E-state index is -2.26. The van der Waals surface area contributed by atoms with Gasteiger partial charge in [0.1, 0.15) is 116 Å². The molecule has 0 aliphatic carbocycles. The van der Waals surface area contributed by atoms with Gasteiger partial charge in [0.25, 0.3) is 0 Å². The average molecular weight is 1310 g/mol. The number of amides is 4. The van der Waals surface area contributed by atoms with Gasteiger partial charge < -0.3 is 148 Å².